The Morgan fingerprint density at radius 1 is 0.458 bits per heavy atom. The molecule has 0 aliphatic carbocycles. The van der Waals surface area contributed by atoms with Gasteiger partial charge in [-0.1, -0.05) is 83.2 Å². The van der Waals surface area contributed by atoms with Gasteiger partial charge in [0, 0.05) is 16.6 Å². The zero-order valence-corrected chi connectivity index (χ0v) is 37.7. The number of halogens is 1. The van der Waals surface area contributed by atoms with Crippen LogP contribution in [0.15, 0.2) is 120 Å². The van der Waals surface area contributed by atoms with E-state index in [1.54, 1.807) is 71.9 Å². The van der Waals surface area contributed by atoms with Crippen LogP contribution in [-0.4, -0.2) is 46.7 Å². The molecule has 0 amide bonds. The number of carbonyl (C=O) groups is 4. The zero-order valence-electron chi connectivity index (χ0n) is 36.1. The molecule has 11 heteroatoms. The first-order valence-corrected chi connectivity index (χ1v) is 19.6. The highest BCUT2D eigenvalue weighted by Crippen LogP contribution is 2.26. The maximum Gasteiger partial charge on any atom is 0.514 e. The molecule has 0 heterocycles. The maximum atomic E-state index is 11.8. The van der Waals surface area contributed by atoms with Gasteiger partial charge in [-0.25, -0.2) is 19.2 Å². The molecule has 0 radical (unpaired) electrons. The number of carbonyl (C=O) groups excluding carboxylic acids is 4. The van der Waals surface area contributed by atoms with Gasteiger partial charge >= 0.3 is 24.2 Å². The first kappa shape index (κ1) is 49.5. The van der Waals surface area contributed by atoms with Gasteiger partial charge in [0.1, 0.15) is 33.9 Å². The largest absolute Gasteiger partial charge is 0.514 e. The number of benzene rings is 4. The van der Waals surface area contributed by atoms with E-state index in [9.17, 15) is 19.2 Å². The first-order chi connectivity index (χ1) is 27.2. The van der Waals surface area contributed by atoms with Crippen LogP contribution in [0.1, 0.15) is 88.6 Å². The van der Waals surface area contributed by atoms with Crippen LogP contribution in [0.4, 0.5) is 9.59 Å². The van der Waals surface area contributed by atoms with Gasteiger partial charge in [-0.15, -0.1) is 0 Å². The number of rotatable bonds is 7. The van der Waals surface area contributed by atoms with Crippen molar-refractivity contribution < 1.29 is 47.6 Å². The summed E-state index contributed by atoms with van der Waals surface area (Å²) in [6, 6.07) is 30.2. The van der Waals surface area contributed by atoms with Crippen molar-refractivity contribution in [1.29, 1.82) is 0 Å². The van der Waals surface area contributed by atoms with Crippen LogP contribution >= 0.6 is 15.9 Å². The molecule has 316 valence electrons. The predicted molar refractivity (Wildman–Crippen MR) is 236 cm³/mol. The van der Waals surface area contributed by atoms with Gasteiger partial charge in [-0.05, 0) is 153 Å². The molecule has 0 saturated carbocycles. The van der Waals surface area contributed by atoms with Crippen LogP contribution in [0.25, 0.3) is 28.3 Å². The Labute approximate surface area is 357 Å². The highest BCUT2D eigenvalue weighted by molar-refractivity contribution is 9.10. The number of hydrogen-bond donors (Lipinski definition) is 0. The maximum absolute atomic E-state index is 11.8. The minimum absolute atomic E-state index is 0.373. The smallest absolute Gasteiger partial charge is 0.457 e. The Bertz CT molecular complexity index is 2000. The van der Waals surface area contributed by atoms with Crippen LogP contribution in [0.2, 0.25) is 0 Å². The monoisotopic (exact) mass is 872 g/mol. The average Bonchev–Trinajstić information content (AvgIpc) is 3.09. The Balaban J connectivity index is 0.000000348. The summed E-state index contributed by atoms with van der Waals surface area (Å²) >= 11 is 3.41. The summed E-state index contributed by atoms with van der Waals surface area (Å²) in [5.41, 5.74) is 2.96. The second-order valence-electron chi connectivity index (χ2n) is 16.9. The number of esters is 2. The van der Waals surface area contributed by atoms with Crippen LogP contribution in [-0.2, 0) is 28.5 Å². The molecular formula is C48H57BrO10. The van der Waals surface area contributed by atoms with Crippen molar-refractivity contribution in [3.05, 3.63) is 126 Å². The molecule has 0 aromatic heterocycles. The van der Waals surface area contributed by atoms with Gasteiger partial charge in [0.05, 0.1) is 0 Å². The molecule has 0 aliphatic rings. The first-order valence-electron chi connectivity index (χ1n) is 18.8. The Morgan fingerprint density at radius 2 is 0.763 bits per heavy atom. The summed E-state index contributed by atoms with van der Waals surface area (Å²) in [6.07, 6.45) is 2.87. The van der Waals surface area contributed by atoms with Crippen molar-refractivity contribution in [2.45, 2.75) is 105 Å². The Morgan fingerprint density at radius 3 is 1.07 bits per heavy atom. The van der Waals surface area contributed by atoms with Crippen molar-refractivity contribution in [1.82, 2.24) is 0 Å². The van der Waals surface area contributed by atoms with E-state index >= 15 is 0 Å². The van der Waals surface area contributed by atoms with E-state index in [1.165, 1.54) is 6.08 Å². The summed E-state index contributed by atoms with van der Waals surface area (Å²) in [6.45, 7) is 24.9. The molecule has 0 atom stereocenters. The van der Waals surface area contributed by atoms with E-state index < -0.39 is 34.7 Å². The second kappa shape index (κ2) is 21.9. The van der Waals surface area contributed by atoms with E-state index in [-0.39, 0.29) is 11.9 Å². The van der Waals surface area contributed by atoms with Crippen molar-refractivity contribution in [3.63, 3.8) is 0 Å². The van der Waals surface area contributed by atoms with Crippen molar-refractivity contribution in [2.24, 2.45) is 0 Å². The summed E-state index contributed by atoms with van der Waals surface area (Å²) in [5, 5.41) is 0. The van der Waals surface area contributed by atoms with Crippen LogP contribution in [0.5, 0.6) is 11.5 Å². The van der Waals surface area contributed by atoms with E-state index in [0.29, 0.717) is 11.5 Å². The molecule has 0 N–H and O–H groups in total. The molecular weight excluding hydrogens is 816 g/mol. The number of ether oxygens (including phenoxy) is 6. The third-order valence-corrected chi connectivity index (χ3v) is 7.23. The van der Waals surface area contributed by atoms with E-state index in [0.717, 1.165) is 38.4 Å². The van der Waals surface area contributed by atoms with Crippen LogP contribution < -0.4 is 9.47 Å². The molecule has 4 aromatic carbocycles. The third-order valence-electron chi connectivity index (χ3n) is 6.70. The SMILES string of the molecule is C=CC(=O)OC(C)(C)C.CC(C)(C)OC(=O)/C=C\c1ccc(-c2ccc(OC(=O)OC(C)(C)C)cc2)cc1.CC(C)(C)OC(=O)Oc1ccc(-c2ccc(Br)cc2)cc1. The standard InChI is InChI=1S/C24H28O5.C17H17BrO3.C7H12O2/c1-23(2,3)28-21(25)16-9-17-7-10-18(11-8-17)19-12-14-20(15-13-19)27-22(26)29-24(4,5)6;1-17(2,3)21-16(19)20-15-10-6-13(7-11-15)12-4-8-14(18)9-5-12;1-5-6(8)9-7(2,3)4/h7-16H,1-6H3;4-11H,1-3H3;5H,1H2,2-4H3/b16-9-;;. The molecule has 0 fully saturated rings. The summed E-state index contributed by atoms with van der Waals surface area (Å²) < 4.78 is 31.7. The summed E-state index contributed by atoms with van der Waals surface area (Å²) in [5.74, 6) is 0.134. The lowest BCUT2D eigenvalue weighted by molar-refractivity contribution is -0.149. The van der Waals surface area contributed by atoms with Gasteiger partial charge in [-0.2, -0.15) is 0 Å². The van der Waals surface area contributed by atoms with Gasteiger partial charge < -0.3 is 28.4 Å². The highest BCUT2D eigenvalue weighted by atomic mass is 79.9. The van der Waals surface area contributed by atoms with Crippen LogP contribution in [0.3, 0.4) is 0 Å². The quantitative estimate of drug-likeness (QED) is 0.0767. The molecule has 4 rings (SSSR count). The minimum Gasteiger partial charge on any atom is -0.457 e. The number of hydrogen-bond acceptors (Lipinski definition) is 10. The highest BCUT2D eigenvalue weighted by Gasteiger charge is 2.19. The lowest BCUT2D eigenvalue weighted by atomic mass is 10.0. The molecule has 0 spiro atoms. The molecule has 10 nitrogen and oxygen atoms in total. The van der Waals surface area contributed by atoms with E-state index in [2.05, 4.69) is 22.5 Å². The normalized spacial score (nSPS) is 11.4. The van der Waals surface area contributed by atoms with Crippen LogP contribution in [0, 0.1) is 0 Å². The molecule has 4 aromatic rings. The lowest BCUT2D eigenvalue weighted by Gasteiger charge is -2.18. The molecule has 0 unspecified atom stereocenters. The van der Waals surface area contributed by atoms with Gasteiger partial charge in [0.25, 0.3) is 0 Å². The van der Waals surface area contributed by atoms with Gasteiger partial charge in [0.15, 0.2) is 0 Å². The fourth-order valence-corrected chi connectivity index (χ4v) is 4.70. The fourth-order valence-electron chi connectivity index (χ4n) is 4.44. The fraction of sp³-hybridized carbons (Fsp3) is 0.333. The zero-order chi connectivity index (χ0) is 44.6. The topological polar surface area (TPSA) is 124 Å². The molecule has 0 aliphatic heterocycles. The van der Waals surface area contributed by atoms with Gasteiger partial charge in [-0.3, -0.25) is 0 Å². The van der Waals surface area contributed by atoms with Crippen molar-refractivity contribution >= 4 is 46.3 Å². The third kappa shape index (κ3) is 22.2. The molecule has 59 heavy (non-hydrogen) atoms. The summed E-state index contributed by atoms with van der Waals surface area (Å²) in [4.78, 5) is 45.5. The average molecular weight is 874 g/mol. The predicted octanol–water partition coefficient (Wildman–Crippen LogP) is 13.0. The molecule has 0 saturated heterocycles. The molecule has 0 bridgehead atoms. The Hall–Kier alpha value is -5.68. The second-order valence-corrected chi connectivity index (χ2v) is 17.8. The van der Waals surface area contributed by atoms with Crippen molar-refractivity contribution in [2.75, 3.05) is 0 Å². The minimum atomic E-state index is -0.730. The summed E-state index contributed by atoms with van der Waals surface area (Å²) in [7, 11) is 0. The lowest BCUT2D eigenvalue weighted by Crippen LogP contribution is -2.25. The van der Waals surface area contributed by atoms with E-state index in [4.69, 9.17) is 28.4 Å². The van der Waals surface area contributed by atoms with E-state index in [1.807, 2.05) is 114 Å². The Kier molecular flexibility index (Phi) is 18.4. The van der Waals surface area contributed by atoms with Crippen molar-refractivity contribution in [3.8, 4) is 33.8 Å². The van der Waals surface area contributed by atoms with Gasteiger partial charge in [0.2, 0.25) is 0 Å².